The number of ether oxygens (including phenoxy) is 2. The Kier molecular flexibility index (Phi) is 5.11. The average molecular weight is 375 g/mol. The van der Waals surface area contributed by atoms with E-state index >= 15 is 0 Å². The summed E-state index contributed by atoms with van der Waals surface area (Å²) in [6.45, 7) is 5.01. The van der Waals surface area contributed by atoms with E-state index in [0.717, 1.165) is 54.9 Å². The third kappa shape index (κ3) is 3.56. The summed E-state index contributed by atoms with van der Waals surface area (Å²) in [4.78, 5) is 17.3. The van der Waals surface area contributed by atoms with Gasteiger partial charge < -0.3 is 20.5 Å². The number of carbonyl (C=O) groups excluding carboxylic acids is 1. The van der Waals surface area contributed by atoms with Crippen molar-refractivity contribution in [2.75, 3.05) is 32.2 Å². The molecular weight excluding hydrogens is 350 g/mol. The van der Waals surface area contributed by atoms with Gasteiger partial charge in [0.05, 0.1) is 16.8 Å². The van der Waals surface area contributed by atoms with E-state index in [2.05, 4.69) is 10.3 Å². The monoisotopic (exact) mass is 375 g/mol. The van der Waals surface area contributed by atoms with E-state index in [9.17, 15) is 4.79 Å². The lowest BCUT2D eigenvalue weighted by atomic mass is 9.79. The minimum Gasteiger partial charge on any atom is -0.381 e. The summed E-state index contributed by atoms with van der Waals surface area (Å²) in [7, 11) is 0. The third-order valence-corrected chi connectivity index (χ3v) is 6.38. The maximum atomic E-state index is 12.9. The van der Waals surface area contributed by atoms with Crippen LogP contribution < -0.4 is 11.1 Å². The molecule has 1 aromatic carbocycles. The zero-order valence-corrected chi connectivity index (χ0v) is 15.8. The minimum absolute atomic E-state index is 0.0223. The molecule has 3 N–H and O–H groups in total. The quantitative estimate of drug-likeness (QED) is 0.861. The number of rotatable bonds is 3. The number of benzene rings is 1. The van der Waals surface area contributed by atoms with Gasteiger partial charge in [-0.25, -0.2) is 4.98 Å². The molecule has 0 bridgehead atoms. The van der Waals surface area contributed by atoms with Crippen molar-refractivity contribution in [3.05, 3.63) is 23.3 Å². The van der Waals surface area contributed by atoms with Crippen LogP contribution >= 0.6 is 11.3 Å². The number of aromatic nitrogens is 1. The molecule has 2 aromatic rings. The number of fused-ring (bicyclic) bond motifs is 1. The normalized spacial score (nSPS) is 24.7. The number of nitrogens with zero attached hydrogens (tertiary/aromatic N) is 1. The number of thiazole rings is 1. The van der Waals surface area contributed by atoms with E-state index in [1.54, 1.807) is 0 Å². The predicted molar refractivity (Wildman–Crippen MR) is 102 cm³/mol. The van der Waals surface area contributed by atoms with Gasteiger partial charge in [-0.15, -0.1) is 0 Å². The van der Waals surface area contributed by atoms with Crippen molar-refractivity contribution in [3.63, 3.8) is 0 Å². The van der Waals surface area contributed by atoms with Gasteiger partial charge in [0.15, 0.2) is 5.13 Å². The molecule has 6 nitrogen and oxygen atoms in total. The van der Waals surface area contributed by atoms with Gasteiger partial charge >= 0.3 is 0 Å². The zero-order valence-electron chi connectivity index (χ0n) is 15.0. The van der Waals surface area contributed by atoms with Crippen LogP contribution in [0, 0.1) is 18.8 Å². The molecule has 2 aliphatic rings. The van der Waals surface area contributed by atoms with Crippen molar-refractivity contribution < 1.29 is 14.3 Å². The van der Waals surface area contributed by atoms with Gasteiger partial charge in [0.25, 0.3) is 5.91 Å². The van der Waals surface area contributed by atoms with Crippen molar-refractivity contribution in [2.24, 2.45) is 11.8 Å². The highest BCUT2D eigenvalue weighted by atomic mass is 32.1. The van der Waals surface area contributed by atoms with Crippen LogP contribution in [0.2, 0.25) is 0 Å². The zero-order chi connectivity index (χ0) is 18.1. The first-order valence-corrected chi connectivity index (χ1v) is 10.1. The van der Waals surface area contributed by atoms with E-state index in [1.807, 2.05) is 19.1 Å². The fourth-order valence-electron chi connectivity index (χ4n) is 4.14. The van der Waals surface area contributed by atoms with Crippen molar-refractivity contribution >= 4 is 32.6 Å². The molecule has 140 valence electrons. The number of carbonyl (C=O) groups is 1. The summed E-state index contributed by atoms with van der Waals surface area (Å²) < 4.78 is 12.2. The summed E-state index contributed by atoms with van der Waals surface area (Å²) in [5, 5.41) is 3.81. The Bertz CT molecular complexity index is 801. The van der Waals surface area contributed by atoms with E-state index in [1.165, 1.54) is 11.3 Å². The molecule has 7 heteroatoms. The summed E-state index contributed by atoms with van der Waals surface area (Å²) >= 11 is 1.42. The molecule has 0 spiro atoms. The molecule has 2 saturated heterocycles. The van der Waals surface area contributed by atoms with Crippen molar-refractivity contribution in [1.82, 2.24) is 10.3 Å². The smallest absolute Gasteiger partial charge is 0.251 e. The van der Waals surface area contributed by atoms with E-state index in [-0.39, 0.29) is 11.9 Å². The standard InChI is InChI=1S/C19H25N3O3S/c1-11-8-13(9-16-17(11)22-19(20)26-16)18(23)21-15-4-7-25-10-14(15)12-2-5-24-6-3-12/h8-9,12,14-15H,2-7,10H2,1H3,(H2,20,22)(H,21,23)/t14-,15-/m1/s1. The highest BCUT2D eigenvalue weighted by molar-refractivity contribution is 7.22. The number of hydrogen-bond donors (Lipinski definition) is 2. The number of anilines is 1. The first-order valence-electron chi connectivity index (χ1n) is 9.25. The number of nitrogen functional groups attached to an aromatic ring is 1. The second kappa shape index (κ2) is 7.50. The Hall–Kier alpha value is -1.70. The predicted octanol–water partition coefficient (Wildman–Crippen LogP) is 2.75. The van der Waals surface area contributed by atoms with Crippen molar-refractivity contribution in [3.8, 4) is 0 Å². The number of hydrogen-bond acceptors (Lipinski definition) is 6. The molecule has 2 aliphatic heterocycles. The highest BCUT2D eigenvalue weighted by Gasteiger charge is 2.34. The number of nitrogens with two attached hydrogens (primary N) is 1. The lowest BCUT2D eigenvalue weighted by Crippen LogP contribution is -2.49. The van der Waals surface area contributed by atoms with Crippen LogP contribution in [-0.2, 0) is 9.47 Å². The topological polar surface area (TPSA) is 86.5 Å². The van der Waals surface area contributed by atoms with Gasteiger partial charge in [-0.1, -0.05) is 11.3 Å². The fraction of sp³-hybridized carbons (Fsp3) is 0.579. The summed E-state index contributed by atoms with van der Waals surface area (Å²) in [6, 6.07) is 3.95. The lowest BCUT2D eigenvalue weighted by Gasteiger charge is -2.39. The minimum atomic E-state index is -0.0223. The first-order chi connectivity index (χ1) is 12.6. The van der Waals surface area contributed by atoms with Crippen LogP contribution in [0.15, 0.2) is 12.1 Å². The summed E-state index contributed by atoms with van der Waals surface area (Å²) in [6.07, 6.45) is 2.96. The third-order valence-electron chi connectivity index (χ3n) is 5.55. The second-order valence-corrected chi connectivity index (χ2v) is 8.31. The molecule has 2 fully saturated rings. The lowest BCUT2D eigenvalue weighted by molar-refractivity contribution is -0.0259. The largest absolute Gasteiger partial charge is 0.381 e. The maximum absolute atomic E-state index is 12.9. The molecule has 26 heavy (non-hydrogen) atoms. The maximum Gasteiger partial charge on any atom is 0.251 e. The summed E-state index contributed by atoms with van der Waals surface area (Å²) in [5.74, 6) is 0.895. The van der Waals surface area contributed by atoms with Crippen molar-refractivity contribution in [2.45, 2.75) is 32.2 Å². The molecule has 2 atom stereocenters. The Morgan fingerprint density at radius 3 is 2.81 bits per heavy atom. The number of nitrogens with one attached hydrogen (secondary N) is 1. The Morgan fingerprint density at radius 1 is 1.23 bits per heavy atom. The molecule has 1 amide bonds. The number of amides is 1. The molecule has 0 saturated carbocycles. The summed E-state index contributed by atoms with van der Waals surface area (Å²) in [5.41, 5.74) is 8.36. The van der Waals surface area contributed by atoms with E-state index < -0.39 is 0 Å². The van der Waals surface area contributed by atoms with Crippen molar-refractivity contribution in [1.29, 1.82) is 0 Å². The Labute approximate surface area is 157 Å². The molecule has 3 heterocycles. The van der Waals surface area contributed by atoms with Crippen LogP contribution in [0.4, 0.5) is 5.13 Å². The van der Waals surface area contributed by atoms with Crippen LogP contribution in [0.5, 0.6) is 0 Å². The fourth-order valence-corrected chi connectivity index (χ4v) is 5.00. The van der Waals surface area contributed by atoms with Crippen LogP contribution in [-0.4, -0.2) is 43.4 Å². The molecular formula is C19H25N3O3S. The van der Waals surface area contributed by atoms with Crippen LogP contribution in [0.25, 0.3) is 10.2 Å². The Balaban J connectivity index is 1.52. The number of aryl methyl sites for hydroxylation is 1. The molecule has 0 unspecified atom stereocenters. The van der Waals surface area contributed by atoms with Crippen LogP contribution in [0.1, 0.15) is 35.2 Å². The van der Waals surface area contributed by atoms with Gasteiger partial charge in [-0.2, -0.15) is 0 Å². The molecule has 0 aliphatic carbocycles. The van der Waals surface area contributed by atoms with Gasteiger partial charge in [0.2, 0.25) is 0 Å². The average Bonchev–Trinajstić information content (AvgIpc) is 3.04. The first kappa shape index (κ1) is 17.7. The molecule has 0 radical (unpaired) electrons. The molecule has 1 aromatic heterocycles. The highest BCUT2D eigenvalue weighted by Crippen LogP contribution is 2.31. The van der Waals surface area contributed by atoms with Gasteiger partial charge in [-0.05, 0) is 49.8 Å². The van der Waals surface area contributed by atoms with Gasteiger partial charge in [0, 0.05) is 37.3 Å². The molecule has 4 rings (SSSR count). The SMILES string of the molecule is Cc1cc(C(=O)N[C@@H]2CCOC[C@@H]2C2CCOCC2)cc2sc(N)nc12. The van der Waals surface area contributed by atoms with Gasteiger partial charge in [-0.3, -0.25) is 4.79 Å². The van der Waals surface area contributed by atoms with E-state index in [0.29, 0.717) is 29.1 Å². The second-order valence-electron chi connectivity index (χ2n) is 7.25. The van der Waals surface area contributed by atoms with Crippen LogP contribution in [0.3, 0.4) is 0 Å². The van der Waals surface area contributed by atoms with Gasteiger partial charge in [0.1, 0.15) is 0 Å². The van der Waals surface area contributed by atoms with E-state index in [4.69, 9.17) is 15.2 Å². The Morgan fingerprint density at radius 2 is 2.00 bits per heavy atom.